The average Bonchev–Trinajstić information content (AvgIpc) is 2.62. The lowest BCUT2D eigenvalue weighted by Crippen LogP contribution is -1.99. The Kier molecular flexibility index (Phi) is 6.96. The molecule has 2 rings (SSSR count). The van der Waals surface area contributed by atoms with Gasteiger partial charge in [0.05, 0.1) is 6.61 Å². The Bertz CT molecular complexity index is 748. The normalized spacial score (nSPS) is 10.6. The molecule has 0 spiro atoms. The molecule has 0 radical (unpaired) electrons. The number of ether oxygens (including phenoxy) is 1. The van der Waals surface area contributed by atoms with E-state index in [0.29, 0.717) is 17.7 Å². The highest BCUT2D eigenvalue weighted by atomic mass is 16.5. The Labute approximate surface area is 148 Å². The van der Waals surface area contributed by atoms with Crippen molar-refractivity contribution in [3.8, 4) is 5.75 Å². The Morgan fingerprint density at radius 3 is 2.52 bits per heavy atom. The first kappa shape index (κ1) is 18.5. The van der Waals surface area contributed by atoms with Crippen LogP contribution in [0.15, 0.2) is 60.8 Å². The molecule has 25 heavy (non-hydrogen) atoms. The van der Waals surface area contributed by atoms with E-state index in [2.05, 4.69) is 12.2 Å². The SMILES string of the molecule is CCCCOc1ccc(C(=O)C=CNc2cccc(C(C)=O)c2)cc1. The molecule has 0 bridgehead atoms. The summed E-state index contributed by atoms with van der Waals surface area (Å²) in [4.78, 5) is 23.5. The fourth-order valence-corrected chi connectivity index (χ4v) is 2.19. The van der Waals surface area contributed by atoms with E-state index in [1.165, 1.54) is 13.0 Å². The summed E-state index contributed by atoms with van der Waals surface area (Å²) in [6.45, 7) is 4.32. The summed E-state index contributed by atoms with van der Waals surface area (Å²) in [6, 6.07) is 14.3. The number of carbonyl (C=O) groups is 2. The maximum atomic E-state index is 12.2. The van der Waals surface area contributed by atoms with E-state index in [-0.39, 0.29) is 11.6 Å². The molecule has 0 unspecified atom stereocenters. The molecular formula is C21H23NO3. The van der Waals surface area contributed by atoms with Crippen molar-refractivity contribution in [2.24, 2.45) is 0 Å². The third-order valence-electron chi connectivity index (χ3n) is 3.66. The van der Waals surface area contributed by atoms with Gasteiger partial charge in [0.2, 0.25) is 0 Å². The van der Waals surface area contributed by atoms with Crippen LogP contribution in [0.1, 0.15) is 47.4 Å². The first-order valence-corrected chi connectivity index (χ1v) is 8.41. The number of Topliss-reactive ketones (excluding diaryl/α,β-unsaturated/α-hetero) is 1. The summed E-state index contributed by atoms with van der Waals surface area (Å²) in [5, 5.41) is 3.01. The molecule has 4 heteroatoms. The van der Waals surface area contributed by atoms with Crippen molar-refractivity contribution in [1.82, 2.24) is 0 Å². The molecule has 0 saturated heterocycles. The average molecular weight is 337 g/mol. The van der Waals surface area contributed by atoms with Crippen LogP contribution in [0.4, 0.5) is 5.69 Å². The van der Waals surface area contributed by atoms with Gasteiger partial charge in [0.1, 0.15) is 5.75 Å². The van der Waals surface area contributed by atoms with Crippen LogP contribution in [0, 0.1) is 0 Å². The minimum Gasteiger partial charge on any atom is -0.494 e. The van der Waals surface area contributed by atoms with Gasteiger partial charge in [0, 0.05) is 29.1 Å². The van der Waals surface area contributed by atoms with Crippen LogP contribution in [-0.4, -0.2) is 18.2 Å². The molecule has 0 heterocycles. The topological polar surface area (TPSA) is 55.4 Å². The Hall–Kier alpha value is -2.88. The summed E-state index contributed by atoms with van der Waals surface area (Å²) in [5.74, 6) is 0.674. The number of nitrogens with one attached hydrogen (secondary N) is 1. The first-order chi connectivity index (χ1) is 12.1. The third kappa shape index (κ3) is 5.92. The van der Waals surface area contributed by atoms with Crippen molar-refractivity contribution < 1.29 is 14.3 Å². The van der Waals surface area contributed by atoms with Gasteiger partial charge in [-0.25, -0.2) is 0 Å². The van der Waals surface area contributed by atoms with Gasteiger partial charge in [0.25, 0.3) is 0 Å². The van der Waals surface area contributed by atoms with Crippen LogP contribution in [0.2, 0.25) is 0 Å². The van der Waals surface area contributed by atoms with Gasteiger partial charge in [-0.2, -0.15) is 0 Å². The van der Waals surface area contributed by atoms with Gasteiger partial charge in [0.15, 0.2) is 11.6 Å². The highest BCUT2D eigenvalue weighted by Gasteiger charge is 2.03. The fraction of sp³-hybridized carbons (Fsp3) is 0.238. The number of anilines is 1. The van der Waals surface area contributed by atoms with Crippen LogP contribution >= 0.6 is 0 Å². The van der Waals surface area contributed by atoms with Gasteiger partial charge in [-0.05, 0) is 49.7 Å². The first-order valence-electron chi connectivity index (χ1n) is 8.41. The largest absolute Gasteiger partial charge is 0.494 e. The van der Waals surface area contributed by atoms with Crippen molar-refractivity contribution in [3.63, 3.8) is 0 Å². The zero-order valence-corrected chi connectivity index (χ0v) is 14.6. The van der Waals surface area contributed by atoms with Crippen LogP contribution in [0.25, 0.3) is 0 Å². The smallest absolute Gasteiger partial charge is 0.187 e. The molecule has 0 atom stereocenters. The number of carbonyl (C=O) groups excluding carboxylic acids is 2. The minimum atomic E-state index is -0.102. The number of allylic oxidation sites excluding steroid dienone is 1. The van der Waals surface area contributed by atoms with E-state index >= 15 is 0 Å². The summed E-state index contributed by atoms with van der Waals surface area (Å²) < 4.78 is 5.58. The quantitative estimate of drug-likeness (QED) is 0.403. The van der Waals surface area contributed by atoms with E-state index in [4.69, 9.17) is 4.74 Å². The summed E-state index contributed by atoms with van der Waals surface area (Å²) in [6.07, 6.45) is 5.14. The minimum absolute atomic E-state index is 0.00458. The van der Waals surface area contributed by atoms with E-state index in [1.54, 1.807) is 48.7 Å². The van der Waals surface area contributed by atoms with Crippen molar-refractivity contribution in [1.29, 1.82) is 0 Å². The second-order valence-electron chi connectivity index (χ2n) is 5.71. The molecule has 1 N–H and O–H groups in total. The zero-order valence-electron chi connectivity index (χ0n) is 14.6. The van der Waals surface area contributed by atoms with Gasteiger partial charge >= 0.3 is 0 Å². The van der Waals surface area contributed by atoms with Crippen molar-refractivity contribution in [3.05, 3.63) is 71.9 Å². The maximum absolute atomic E-state index is 12.2. The van der Waals surface area contributed by atoms with Crippen LogP contribution in [0.3, 0.4) is 0 Å². The Morgan fingerprint density at radius 1 is 1.08 bits per heavy atom. The number of ketones is 2. The van der Waals surface area contributed by atoms with Crippen molar-refractivity contribution in [2.75, 3.05) is 11.9 Å². The predicted octanol–water partition coefficient (Wildman–Crippen LogP) is 4.88. The van der Waals surface area contributed by atoms with Gasteiger partial charge in [-0.3, -0.25) is 9.59 Å². The zero-order chi connectivity index (χ0) is 18.1. The molecule has 0 aromatic heterocycles. The van der Waals surface area contributed by atoms with E-state index in [0.717, 1.165) is 24.3 Å². The van der Waals surface area contributed by atoms with E-state index in [9.17, 15) is 9.59 Å². The molecule has 130 valence electrons. The molecule has 0 aliphatic carbocycles. The van der Waals surface area contributed by atoms with Crippen LogP contribution in [-0.2, 0) is 0 Å². The lowest BCUT2D eigenvalue weighted by Gasteiger charge is -2.05. The van der Waals surface area contributed by atoms with Gasteiger partial charge in [-0.15, -0.1) is 0 Å². The summed E-state index contributed by atoms with van der Waals surface area (Å²) in [5.41, 5.74) is 1.98. The molecule has 0 amide bonds. The number of hydrogen-bond acceptors (Lipinski definition) is 4. The van der Waals surface area contributed by atoms with Gasteiger partial charge in [-0.1, -0.05) is 25.5 Å². The molecule has 0 fully saturated rings. The third-order valence-corrected chi connectivity index (χ3v) is 3.66. The molecule has 0 saturated carbocycles. The molecule has 2 aromatic carbocycles. The van der Waals surface area contributed by atoms with Crippen molar-refractivity contribution in [2.45, 2.75) is 26.7 Å². The molecular weight excluding hydrogens is 314 g/mol. The Morgan fingerprint density at radius 2 is 1.84 bits per heavy atom. The van der Waals surface area contributed by atoms with Crippen LogP contribution in [0.5, 0.6) is 5.75 Å². The second kappa shape index (κ2) is 9.42. The van der Waals surface area contributed by atoms with Gasteiger partial charge < -0.3 is 10.1 Å². The lowest BCUT2D eigenvalue weighted by atomic mass is 10.1. The maximum Gasteiger partial charge on any atom is 0.187 e. The summed E-state index contributed by atoms with van der Waals surface area (Å²) in [7, 11) is 0. The second-order valence-corrected chi connectivity index (χ2v) is 5.71. The molecule has 2 aromatic rings. The lowest BCUT2D eigenvalue weighted by molar-refractivity contribution is 0.101. The number of hydrogen-bond donors (Lipinski definition) is 1. The number of benzene rings is 2. The highest BCUT2D eigenvalue weighted by Crippen LogP contribution is 2.14. The molecule has 0 aliphatic rings. The number of rotatable bonds is 9. The molecule has 4 nitrogen and oxygen atoms in total. The van der Waals surface area contributed by atoms with Crippen molar-refractivity contribution >= 4 is 17.3 Å². The van der Waals surface area contributed by atoms with Crippen LogP contribution < -0.4 is 10.1 Å². The molecule has 0 aliphatic heterocycles. The summed E-state index contributed by atoms with van der Waals surface area (Å²) >= 11 is 0. The standard InChI is InChI=1S/C21H23NO3/c1-3-4-14-25-20-10-8-17(9-11-20)21(24)12-13-22-19-7-5-6-18(15-19)16(2)23/h5-13,15,22H,3-4,14H2,1-2H3. The number of unbranched alkanes of at least 4 members (excludes halogenated alkanes) is 1. The fourth-order valence-electron chi connectivity index (χ4n) is 2.19. The van der Waals surface area contributed by atoms with E-state index in [1.807, 2.05) is 6.07 Å². The predicted molar refractivity (Wildman–Crippen MR) is 100 cm³/mol. The monoisotopic (exact) mass is 337 g/mol. The van der Waals surface area contributed by atoms with E-state index < -0.39 is 0 Å². The highest BCUT2D eigenvalue weighted by molar-refractivity contribution is 6.04. The Balaban J connectivity index is 1.91.